The Morgan fingerprint density at radius 2 is 2.22 bits per heavy atom. The van der Waals surface area contributed by atoms with E-state index >= 15 is 0 Å². The van der Waals surface area contributed by atoms with Crippen molar-refractivity contribution in [2.75, 3.05) is 12.3 Å². The number of nitrogen functional groups attached to an aromatic ring is 1. The molecule has 8 nitrogen and oxygen atoms in total. The third-order valence-electron chi connectivity index (χ3n) is 5.66. The van der Waals surface area contributed by atoms with Crippen molar-refractivity contribution >= 4 is 5.82 Å². The Balaban J connectivity index is 1.48. The number of benzene rings is 1. The first kappa shape index (κ1) is 20.3. The van der Waals surface area contributed by atoms with Crippen molar-refractivity contribution in [1.29, 1.82) is 0 Å². The molecule has 1 fully saturated rings. The first-order chi connectivity index (χ1) is 15.6. The average molecular weight is 434 g/mol. The Bertz CT molecular complexity index is 1190. The van der Waals surface area contributed by atoms with E-state index in [1.165, 1.54) is 6.07 Å². The van der Waals surface area contributed by atoms with Crippen LogP contribution in [0.3, 0.4) is 0 Å². The van der Waals surface area contributed by atoms with E-state index in [2.05, 4.69) is 27.1 Å². The number of nitrogens with one attached hydrogen (secondary N) is 1. The number of hydrogen-bond acceptors (Lipinski definition) is 7. The molecule has 3 aromatic rings. The second-order valence-corrected chi connectivity index (χ2v) is 7.83. The molecule has 2 aliphatic rings. The molecule has 0 saturated heterocycles. The van der Waals surface area contributed by atoms with Gasteiger partial charge >= 0.3 is 0 Å². The minimum absolute atomic E-state index is 0.235. The number of nitrogens with two attached hydrogens (primary N) is 1. The Labute approximate surface area is 184 Å². The van der Waals surface area contributed by atoms with E-state index in [9.17, 15) is 4.39 Å². The van der Waals surface area contributed by atoms with Gasteiger partial charge in [-0.1, -0.05) is 24.3 Å². The molecule has 2 aromatic heterocycles. The Hall–Kier alpha value is -3.56. The first-order valence-electron chi connectivity index (χ1n) is 10.4. The van der Waals surface area contributed by atoms with Gasteiger partial charge in [-0.15, -0.1) is 12.1 Å². The van der Waals surface area contributed by atoms with Crippen LogP contribution in [0.2, 0.25) is 0 Å². The summed E-state index contributed by atoms with van der Waals surface area (Å²) in [5.74, 6) is 0.465. The lowest BCUT2D eigenvalue weighted by Crippen LogP contribution is -2.18. The lowest BCUT2D eigenvalue weighted by molar-refractivity contribution is 0.0509. The highest BCUT2D eigenvalue weighted by Crippen LogP contribution is 2.50. The molecule has 5 rings (SSSR count). The highest BCUT2D eigenvalue weighted by molar-refractivity contribution is 5.56. The minimum Gasteiger partial charge on any atom is -0.416 e. The van der Waals surface area contributed by atoms with Gasteiger partial charge in [0.15, 0.2) is 5.82 Å². The fourth-order valence-electron chi connectivity index (χ4n) is 3.83. The lowest BCUT2D eigenvalue weighted by atomic mass is 10.1. The Morgan fingerprint density at radius 3 is 2.91 bits per heavy atom. The van der Waals surface area contributed by atoms with Gasteiger partial charge in [0.25, 0.3) is 0 Å². The van der Waals surface area contributed by atoms with Crippen LogP contribution in [0.15, 0.2) is 61.5 Å². The van der Waals surface area contributed by atoms with Crippen molar-refractivity contribution in [2.45, 2.75) is 31.0 Å². The second-order valence-electron chi connectivity index (χ2n) is 7.83. The molecule has 9 heteroatoms. The van der Waals surface area contributed by atoms with Crippen LogP contribution in [0, 0.1) is 5.82 Å². The molecule has 1 aliphatic heterocycles. The third-order valence-corrected chi connectivity index (χ3v) is 5.66. The van der Waals surface area contributed by atoms with Crippen molar-refractivity contribution in [3.63, 3.8) is 0 Å². The molecule has 0 bridgehead atoms. The van der Waals surface area contributed by atoms with E-state index in [1.807, 2.05) is 12.1 Å². The topological polar surface area (TPSA) is 100 Å². The summed E-state index contributed by atoms with van der Waals surface area (Å²) < 4.78 is 21.9. The predicted molar refractivity (Wildman–Crippen MR) is 116 cm³/mol. The highest BCUT2D eigenvalue weighted by Gasteiger charge is 2.47. The van der Waals surface area contributed by atoms with Gasteiger partial charge in [-0.3, -0.25) is 4.68 Å². The number of anilines is 1. The van der Waals surface area contributed by atoms with Gasteiger partial charge in [0.1, 0.15) is 29.6 Å². The van der Waals surface area contributed by atoms with Gasteiger partial charge in [-0.25, -0.2) is 14.4 Å². The van der Waals surface area contributed by atoms with Gasteiger partial charge < -0.3 is 15.3 Å². The van der Waals surface area contributed by atoms with Crippen LogP contribution in [0.5, 0.6) is 0 Å². The summed E-state index contributed by atoms with van der Waals surface area (Å²) in [5.41, 5.74) is 11.4. The molecule has 1 saturated carbocycles. The molecule has 3 heterocycles. The SMILES string of the molecule is C=CCOC1(c2cnc(-c3cc(C4C=CON4)n(Cc4ccccc4F)n3)nc2N)CC1. The number of hydroxylamine groups is 1. The summed E-state index contributed by atoms with van der Waals surface area (Å²) in [6.45, 7) is 4.39. The van der Waals surface area contributed by atoms with Gasteiger partial charge in [-0.05, 0) is 31.1 Å². The largest absolute Gasteiger partial charge is 0.416 e. The summed E-state index contributed by atoms with van der Waals surface area (Å²) in [7, 11) is 0. The normalized spacial score (nSPS) is 18.5. The van der Waals surface area contributed by atoms with E-state index < -0.39 is 5.60 Å². The molecule has 1 atom stereocenters. The van der Waals surface area contributed by atoms with Gasteiger partial charge in [0, 0.05) is 17.3 Å². The molecular formula is C23H23FN6O2. The molecule has 0 amide bonds. The number of ether oxygens (including phenoxy) is 1. The summed E-state index contributed by atoms with van der Waals surface area (Å²) in [5, 5.41) is 4.66. The van der Waals surface area contributed by atoms with Crippen LogP contribution in [0.1, 0.15) is 35.7 Å². The first-order valence-corrected chi connectivity index (χ1v) is 10.4. The van der Waals surface area contributed by atoms with Crippen LogP contribution in [0.25, 0.3) is 11.5 Å². The Kier molecular flexibility index (Phi) is 5.20. The quantitative estimate of drug-likeness (QED) is 0.524. The Morgan fingerprint density at radius 1 is 1.38 bits per heavy atom. The van der Waals surface area contributed by atoms with Crippen LogP contribution < -0.4 is 11.2 Å². The van der Waals surface area contributed by atoms with Crippen LogP contribution in [0.4, 0.5) is 10.2 Å². The summed E-state index contributed by atoms with van der Waals surface area (Å²) >= 11 is 0. The van der Waals surface area contributed by atoms with Crippen molar-refractivity contribution in [1.82, 2.24) is 25.2 Å². The fourth-order valence-corrected chi connectivity index (χ4v) is 3.83. The monoisotopic (exact) mass is 434 g/mol. The number of halogens is 1. The van der Waals surface area contributed by atoms with Gasteiger partial charge in [-0.2, -0.15) is 5.10 Å². The van der Waals surface area contributed by atoms with E-state index in [0.29, 0.717) is 29.5 Å². The highest BCUT2D eigenvalue weighted by atomic mass is 19.1. The molecule has 164 valence electrons. The van der Waals surface area contributed by atoms with E-state index in [-0.39, 0.29) is 18.4 Å². The zero-order valence-electron chi connectivity index (χ0n) is 17.4. The molecule has 1 aromatic carbocycles. The summed E-state index contributed by atoms with van der Waals surface area (Å²) in [4.78, 5) is 14.2. The van der Waals surface area contributed by atoms with E-state index in [1.54, 1.807) is 41.4 Å². The third kappa shape index (κ3) is 3.76. The maximum Gasteiger partial charge on any atom is 0.182 e. The molecule has 3 N–H and O–H groups in total. The summed E-state index contributed by atoms with van der Waals surface area (Å²) in [6.07, 6.45) is 8.57. The number of hydrogen-bond donors (Lipinski definition) is 2. The molecule has 32 heavy (non-hydrogen) atoms. The maximum atomic E-state index is 14.3. The maximum absolute atomic E-state index is 14.3. The average Bonchev–Trinajstić information content (AvgIpc) is 3.19. The van der Waals surface area contributed by atoms with Crippen molar-refractivity contribution < 1.29 is 14.0 Å². The molecule has 1 aliphatic carbocycles. The molecular weight excluding hydrogens is 411 g/mol. The number of rotatable bonds is 8. The van der Waals surface area contributed by atoms with Crippen molar-refractivity contribution in [2.24, 2.45) is 0 Å². The van der Waals surface area contributed by atoms with Crippen LogP contribution in [-0.4, -0.2) is 26.4 Å². The predicted octanol–water partition coefficient (Wildman–Crippen LogP) is 3.39. The molecule has 0 radical (unpaired) electrons. The van der Waals surface area contributed by atoms with Gasteiger partial charge in [0.2, 0.25) is 0 Å². The van der Waals surface area contributed by atoms with Crippen molar-refractivity contribution in [3.05, 3.63) is 84.2 Å². The second kappa shape index (κ2) is 8.18. The lowest BCUT2D eigenvalue weighted by Gasteiger charge is -2.17. The molecule has 0 spiro atoms. The molecule has 1 unspecified atom stereocenters. The number of nitrogens with zero attached hydrogens (tertiary/aromatic N) is 4. The number of aromatic nitrogens is 4. The standard InChI is InChI=1S/C23H23FN6O2/c1-2-10-31-23(8-9-23)16-13-26-22(27-21(16)25)19-12-20(18-7-11-32-29-18)30(28-19)14-15-5-3-4-6-17(15)24/h2-7,11-13,18,29H,1,8-10,14H2,(H2,25,26,27). The van der Waals surface area contributed by atoms with Crippen LogP contribution >= 0.6 is 0 Å². The smallest absolute Gasteiger partial charge is 0.182 e. The van der Waals surface area contributed by atoms with Crippen LogP contribution in [-0.2, 0) is 21.7 Å². The van der Waals surface area contributed by atoms with E-state index in [0.717, 1.165) is 24.1 Å². The zero-order valence-corrected chi connectivity index (χ0v) is 17.4. The van der Waals surface area contributed by atoms with E-state index in [4.69, 9.17) is 15.3 Å². The fraction of sp³-hybridized carbons (Fsp3) is 0.261. The summed E-state index contributed by atoms with van der Waals surface area (Å²) in [6, 6.07) is 8.24. The van der Waals surface area contributed by atoms with Crippen molar-refractivity contribution in [3.8, 4) is 11.5 Å². The van der Waals surface area contributed by atoms with Gasteiger partial charge in [0.05, 0.1) is 24.4 Å². The zero-order chi connectivity index (χ0) is 22.1. The minimum atomic E-state index is -0.429.